The molecule has 1 aliphatic rings. The van der Waals surface area contributed by atoms with E-state index in [1.807, 2.05) is 13.8 Å². The van der Waals surface area contributed by atoms with Gasteiger partial charge in [0.25, 0.3) is 0 Å². The van der Waals surface area contributed by atoms with Crippen LogP contribution in [-0.4, -0.2) is 29.7 Å². The topological polar surface area (TPSA) is 46.5 Å². The van der Waals surface area contributed by atoms with Crippen LogP contribution < -0.4 is 0 Å². The van der Waals surface area contributed by atoms with Crippen molar-refractivity contribution in [1.29, 1.82) is 0 Å². The van der Waals surface area contributed by atoms with Crippen molar-refractivity contribution < 1.29 is 14.6 Å². The Morgan fingerprint density at radius 1 is 1.46 bits per heavy atom. The van der Waals surface area contributed by atoms with Gasteiger partial charge in [-0.15, -0.1) is 0 Å². The summed E-state index contributed by atoms with van der Waals surface area (Å²) in [5.74, 6) is 0.631. The smallest absolute Gasteiger partial charge is 0.132 e. The van der Waals surface area contributed by atoms with Gasteiger partial charge in [0.15, 0.2) is 0 Å². The van der Waals surface area contributed by atoms with Crippen molar-refractivity contribution in [2.45, 2.75) is 39.4 Å². The van der Waals surface area contributed by atoms with E-state index >= 15 is 0 Å². The highest BCUT2D eigenvalue weighted by Gasteiger charge is 2.34. The highest BCUT2D eigenvalue weighted by molar-refractivity contribution is 5.76. The molecule has 13 heavy (non-hydrogen) atoms. The van der Waals surface area contributed by atoms with Crippen molar-refractivity contribution in [2.24, 2.45) is 11.8 Å². The molecule has 0 amide bonds. The van der Waals surface area contributed by atoms with Crippen LogP contribution in [0.3, 0.4) is 0 Å². The van der Waals surface area contributed by atoms with Gasteiger partial charge in [-0.25, -0.2) is 0 Å². The molecule has 3 heteroatoms. The summed E-state index contributed by atoms with van der Waals surface area (Å²) in [5.41, 5.74) is 0. The Balaban J connectivity index is 2.53. The Bertz CT molecular complexity index is 191. The lowest BCUT2D eigenvalue weighted by atomic mass is 9.83. The van der Waals surface area contributed by atoms with Gasteiger partial charge in [0, 0.05) is 6.42 Å². The first-order chi connectivity index (χ1) is 6.02. The minimum Gasteiger partial charge on any atom is -0.390 e. The van der Waals surface area contributed by atoms with Gasteiger partial charge in [0.05, 0.1) is 18.8 Å². The molecule has 0 aromatic heterocycles. The molecule has 0 aliphatic carbocycles. The van der Waals surface area contributed by atoms with E-state index in [-0.39, 0.29) is 29.8 Å². The summed E-state index contributed by atoms with van der Waals surface area (Å²) in [5, 5.41) is 9.49. The number of Topliss-reactive ketones (excluding diaryl/α,β-unsaturated/α-hetero) is 1. The SMILES string of the molecule is CC(=O)CC1OC[C@@H](O)[C@H](C)[C@H]1C. The van der Waals surface area contributed by atoms with E-state index in [9.17, 15) is 9.90 Å². The second-order valence-corrected chi connectivity index (χ2v) is 4.06. The van der Waals surface area contributed by atoms with Crippen molar-refractivity contribution in [3.63, 3.8) is 0 Å². The molecular formula is C10H18O3. The van der Waals surface area contributed by atoms with Crippen LogP contribution in [0.4, 0.5) is 0 Å². The lowest BCUT2D eigenvalue weighted by Gasteiger charge is -2.37. The van der Waals surface area contributed by atoms with Crippen LogP contribution in [0, 0.1) is 11.8 Å². The van der Waals surface area contributed by atoms with Gasteiger partial charge in [-0.3, -0.25) is 4.79 Å². The third kappa shape index (κ3) is 2.51. The number of ketones is 1. The molecular weight excluding hydrogens is 168 g/mol. The van der Waals surface area contributed by atoms with E-state index in [4.69, 9.17) is 4.74 Å². The Labute approximate surface area is 79.1 Å². The van der Waals surface area contributed by atoms with E-state index in [1.165, 1.54) is 0 Å². The molecule has 0 spiro atoms. The Morgan fingerprint density at radius 2 is 2.08 bits per heavy atom. The number of hydrogen-bond acceptors (Lipinski definition) is 3. The summed E-state index contributed by atoms with van der Waals surface area (Å²) >= 11 is 0. The van der Waals surface area contributed by atoms with Gasteiger partial charge < -0.3 is 9.84 Å². The highest BCUT2D eigenvalue weighted by Crippen LogP contribution is 2.28. The van der Waals surface area contributed by atoms with E-state index < -0.39 is 0 Å². The zero-order valence-corrected chi connectivity index (χ0v) is 8.49. The van der Waals surface area contributed by atoms with Gasteiger partial charge in [-0.1, -0.05) is 13.8 Å². The molecule has 1 unspecified atom stereocenters. The van der Waals surface area contributed by atoms with Crippen molar-refractivity contribution in [2.75, 3.05) is 6.61 Å². The zero-order valence-electron chi connectivity index (χ0n) is 8.49. The molecule has 1 fully saturated rings. The average molecular weight is 186 g/mol. The number of aliphatic hydroxyl groups is 1. The largest absolute Gasteiger partial charge is 0.390 e. The number of hydrogen-bond donors (Lipinski definition) is 1. The molecule has 1 rings (SSSR count). The first-order valence-corrected chi connectivity index (χ1v) is 4.81. The lowest BCUT2D eigenvalue weighted by molar-refractivity contribution is -0.135. The number of rotatable bonds is 2. The normalized spacial score (nSPS) is 40.3. The Hall–Kier alpha value is -0.410. The maximum absolute atomic E-state index is 10.9. The number of carbonyl (C=O) groups excluding carboxylic acids is 1. The minimum absolute atomic E-state index is 0.00380. The standard InChI is InChI=1S/C10H18O3/c1-6(11)4-10-8(3)7(2)9(12)5-13-10/h7-10,12H,4-5H2,1-3H3/t7-,8-,9-,10?/m1/s1. The Kier molecular flexibility index (Phi) is 3.45. The maximum Gasteiger partial charge on any atom is 0.132 e. The van der Waals surface area contributed by atoms with Crippen molar-refractivity contribution in [3.8, 4) is 0 Å². The number of aliphatic hydroxyl groups excluding tert-OH is 1. The second-order valence-electron chi connectivity index (χ2n) is 4.06. The van der Waals surface area contributed by atoms with E-state index in [2.05, 4.69) is 0 Å². The fraction of sp³-hybridized carbons (Fsp3) is 0.900. The van der Waals surface area contributed by atoms with Gasteiger partial charge in [-0.05, 0) is 18.8 Å². The molecule has 0 aromatic rings. The van der Waals surface area contributed by atoms with E-state index in [1.54, 1.807) is 6.92 Å². The van der Waals surface area contributed by atoms with Gasteiger partial charge in [-0.2, -0.15) is 0 Å². The van der Waals surface area contributed by atoms with Crippen LogP contribution in [0.15, 0.2) is 0 Å². The van der Waals surface area contributed by atoms with Crippen LogP contribution in [0.1, 0.15) is 27.2 Å². The fourth-order valence-corrected chi connectivity index (χ4v) is 1.74. The van der Waals surface area contributed by atoms with Crippen LogP contribution in [0.25, 0.3) is 0 Å². The summed E-state index contributed by atoms with van der Waals surface area (Å²) in [6.07, 6.45) is 0.0900. The molecule has 76 valence electrons. The molecule has 0 saturated carbocycles. The molecule has 1 saturated heterocycles. The number of carbonyl (C=O) groups is 1. The predicted octanol–water partition coefficient (Wildman–Crippen LogP) is 0.997. The first-order valence-electron chi connectivity index (χ1n) is 4.81. The number of ether oxygens (including phenoxy) is 1. The summed E-state index contributed by atoms with van der Waals surface area (Å²) in [6.45, 7) is 5.97. The molecule has 0 radical (unpaired) electrons. The molecule has 1 N–H and O–H groups in total. The molecule has 1 aliphatic heterocycles. The third-order valence-corrected chi connectivity index (χ3v) is 2.99. The average Bonchev–Trinajstić information content (AvgIpc) is 2.06. The lowest BCUT2D eigenvalue weighted by Crippen LogP contribution is -2.43. The third-order valence-electron chi connectivity index (χ3n) is 2.99. The van der Waals surface area contributed by atoms with E-state index in [0.717, 1.165) is 0 Å². The molecule has 3 nitrogen and oxygen atoms in total. The zero-order chi connectivity index (χ0) is 10.0. The summed E-state index contributed by atoms with van der Waals surface area (Å²) in [7, 11) is 0. The molecule has 4 atom stereocenters. The van der Waals surface area contributed by atoms with E-state index in [0.29, 0.717) is 13.0 Å². The van der Waals surface area contributed by atoms with Crippen LogP contribution >= 0.6 is 0 Å². The summed E-state index contributed by atoms with van der Waals surface area (Å²) in [4.78, 5) is 10.9. The summed E-state index contributed by atoms with van der Waals surface area (Å²) < 4.78 is 5.41. The van der Waals surface area contributed by atoms with Gasteiger partial charge in [0.2, 0.25) is 0 Å². The van der Waals surface area contributed by atoms with Gasteiger partial charge in [0.1, 0.15) is 5.78 Å². The predicted molar refractivity (Wildman–Crippen MR) is 49.4 cm³/mol. The first kappa shape index (κ1) is 10.7. The second kappa shape index (κ2) is 4.20. The summed E-state index contributed by atoms with van der Waals surface area (Å²) in [6, 6.07) is 0. The minimum atomic E-state index is -0.377. The quantitative estimate of drug-likeness (QED) is 0.699. The molecule has 0 aromatic carbocycles. The van der Waals surface area contributed by atoms with Crippen molar-refractivity contribution in [1.82, 2.24) is 0 Å². The fourth-order valence-electron chi connectivity index (χ4n) is 1.74. The maximum atomic E-state index is 10.9. The van der Waals surface area contributed by atoms with Crippen molar-refractivity contribution >= 4 is 5.78 Å². The molecule has 1 heterocycles. The molecule has 0 bridgehead atoms. The van der Waals surface area contributed by atoms with Crippen molar-refractivity contribution in [3.05, 3.63) is 0 Å². The Morgan fingerprint density at radius 3 is 2.62 bits per heavy atom. The van der Waals surface area contributed by atoms with Crippen LogP contribution in [0.5, 0.6) is 0 Å². The van der Waals surface area contributed by atoms with Crippen LogP contribution in [-0.2, 0) is 9.53 Å². The van der Waals surface area contributed by atoms with Gasteiger partial charge >= 0.3 is 0 Å². The monoisotopic (exact) mass is 186 g/mol. The highest BCUT2D eigenvalue weighted by atomic mass is 16.5. The van der Waals surface area contributed by atoms with Crippen LogP contribution in [0.2, 0.25) is 0 Å².